The molecule has 3 N–H and O–H groups in total. The van der Waals surface area contributed by atoms with Crippen LogP contribution in [0.1, 0.15) is 30.1 Å². The number of fused-ring (bicyclic) bond motifs is 2. The topological polar surface area (TPSA) is 117 Å². The van der Waals surface area contributed by atoms with Crippen molar-refractivity contribution in [3.63, 3.8) is 0 Å². The molecular weight excluding hydrogens is 476 g/mol. The third-order valence-corrected chi connectivity index (χ3v) is 7.12. The van der Waals surface area contributed by atoms with Gasteiger partial charge in [0.15, 0.2) is 5.82 Å². The van der Waals surface area contributed by atoms with Gasteiger partial charge in [0.2, 0.25) is 5.91 Å². The maximum absolute atomic E-state index is 13.0. The van der Waals surface area contributed by atoms with Crippen molar-refractivity contribution in [1.29, 1.82) is 0 Å². The van der Waals surface area contributed by atoms with Gasteiger partial charge in [0.25, 0.3) is 0 Å². The summed E-state index contributed by atoms with van der Waals surface area (Å²) in [6.07, 6.45) is 4.48. The van der Waals surface area contributed by atoms with Gasteiger partial charge in [0.1, 0.15) is 22.5 Å². The number of anilines is 1. The number of benzene rings is 1. The summed E-state index contributed by atoms with van der Waals surface area (Å²) < 4.78 is 2.56. The summed E-state index contributed by atoms with van der Waals surface area (Å²) in [6.45, 7) is 0.370. The van der Waals surface area contributed by atoms with E-state index in [9.17, 15) is 14.7 Å². The Kier molecular flexibility index (Phi) is 5.24. The number of aromatic nitrogens is 3. The molecule has 0 bridgehead atoms. The summed E-state index contributed by atoms with van der Waals surface area (Å²) in [5, 5.41) is 9.79. The molecule has 2 fully saturated rings. The Bertz CT molecular complexity index is 1180. The molecule has 10 heteroatoms. The van der Waals surface area contributed by atoms with E-state index in [1.165, 1.54) is 4.90 Å². The van der Waals surface area contributed by atoms with Gasteiger partial charge >= 0.3 is 6.09 Å². The second-order valence-corrected chi connectivity index (χ2v) is 9.10. The Morgan fingerprint density at radius 3 is 2.78 bits per heavy atom. The van der Waals surface area contributed by atoms with E-state index in [4.69, 9.17) is 5.73 Å². The van der Waals surface area contributed by atoms with Gasteiger partial charge in [-0.15, -0.1) is 0 Å². The summed E-state index contributed by atoms with van der Waals surface area (Å²) >= 11 is 3.48. The zero-order chi connectivity index (χ0) is 22.4. The van der Waals surface area contributed by atoms with Crippen molar-refractivity contribution in [2.45, 2.75) is 37.3 Å². The quantitative estimate of drug-likeness (QED) is 0.573. The van der Waals surface area contributed by atoms with E-state index < -0.39 is 6.09 Å². The molecule has 166 valence electrons. The van der Waals surface area contributed by atoms with Gasteiger partial charge in [-0.1, -0.05) is 30.3 Å². The predicted octanol–water partition coefficient (Wildman–Crippen LogP) is 2.75. The second kappa shape index (κ2) is 8.09. The van der Waals surface area contributed by atoms with Gasteiger partial charge in [-0.2, -0.15) is 0 Å². The fourth-order valence-corrected chi connectivity index (χ4v) is 5.67. The molecule has 5 rings (SSSR count). The molecule has 3 aromatic rings. The number of piperidine rings is 1. The van der Waals surface area contributed by atoms with Crippen molar-refractivity contribution in [2.75, 3.05) is 18.8 Å². The van der Waals surface area contributed by atoms with Crippen LogP contribution in [-0.2, 0) is 11.2 Å². The van der Waals surface area contributed by atoms with Crippen molar-refractivity contribution in [3.05, 3.63) is 58.7 Å². The molecule has 2 saturated heterocycles. The van der Waals surface area contributed by atoms with Crippen LogP contribution in [0, 0.1) is 0 Å². The van der Waals surface area contributed by atoms with Gasteiger partial charge in [-0.3, -0.25) is 14.1 Å². The van der Waals surface area contributed by atoms with Crippen molar-refractivity contribution in [2.24, 2.45) is 0 Å². The molecule has 0 aliphatic carbocycles. The maximum atomic E-state index is 13.0. The van der Waals surface area contributed by atoms with Crippen molar-refractivity contribution in [1.82, 2.24) is 24.2 Å². The summed E-state index contributed by atoms with van der Waals surface area (Å²) in [5.74, 6) is 1.07. The Morgan fingerprint density at radius 1 is 1.25 bits per heavy atom. The third kappa shape index (κ3) is 3.48. The van der Waals surface area contributed by atoms with Gasteiger partial charge in [-0.25, -0.2) is 14.8 Å². The van der Waals surface area contributed by atoms with Crippen molar-refractivity contribution in [3.8, 4) is 0 Å². The Hall–Kier alpha value is -3.14. The molecule has 1 unspecified atom stereocenters. The number of nitrogens with zero attached hydrogens (tertiary/aromatic N) is 5. The van der Waals surface area contributed by atoms with E-state index in [-0.39, 0.29) is 30.5 Å². The number of carbonyl (C=O) groups is 2. The zero-order valence-electron chi connectivity index (χ0n) is 17.3. The number of amides is 2. The number of nitrogens with two attached hydrogens (primary N) is 1. The number of nitrogen functional groups attached to an aromatic ring is 1. The molecule has 0 radical (unpaired) electrons. The minimum Gasteiger partial charge on any atom is -0.465 e. The smallest absolute Gasteiger partial charge is 0.408 e. The fraction of sp³-hybridized carbons (Fsp3) is 0.364. The number of imidazole rings is 1. The molecular formula is C22H23BrN6O3. The number of hydrogen-bond donors (Lipinski definition) is 2. The summed E-state index contributed by atoms with van der Waals surface area (Å²) in [4.78, 5) is 37.0. The predicted molar refractivity (Wildman–Crippen MR) is 121 cm³/mol. The lowest BCUT2D eigenvalue weighted by Gasteiger charge is -2.50. The van der Waals surface area contributed by atoms with Crippen LogP contribution in [0.4, 0.5) is 10.6 Å². The SMILES string of the molecule is Nc1nccn2c([C@H]3CC[C@H]4C(Cc5ccccc5)N(C(=O)O)CC(=O)N4C3)nc(Br)c12. The first-order chi connectivity index (χ1) is 15.4. The maximum Gasteiger partial charge on any atom is 0.408 e. The number of rotatable bonds is 3. The van der Waals surface area contributed by atoms with E-state index in [1.54, 1.807) is 6.20 Å². The minimum absolute atomic E-state index is 0.0181. The molecule has 0 saturated carbocycles. The van der Waals surface area contributed by atoms with Crippen LogP contribution in [-0.4, -0.2) is 66.4 Å². The van der Waals surface area contributed by atoms with Crippen LogP contribution in [0.2, 0.25) is 0 Å². The van der Waals surface area contributed by atoms with Gasteiger partial charge < -0.3 is 15.7 Å². The highest BCUT2D eigenvalue weighted by molar-refractivity contribution is 9.10. The highest BCUT2D eigenvalue weighted by Gasteiger charge is 2.46. The monoisotopic (exact) mass is 498 g/mol. The van der Waals surface area contributed by atoms with Crippen LogP contribution in [0.15, 0.2) is 47.3 Å². The number of carbonyl (C=O) groups excluding carboxylic acids is 1. The molecule has 1 aromatic carbocycles. The molecule has 9 nitrogen and oxygen atoms in total. The minimum atomic E-state index is -1.05. The van der Waals surface area contributed by atoms with Crippen molar-refractivity contribution < 1.29 is 14.7 Å². The molecule has 0 spiro atoms. The van der Waals surface area contributed by atoms with Crippen LogP contribution >= 0.6 is 15.9 Å². The van der Waals surface area contributed by atoms with Gasteiger partial charge in [-0.05, 0) is 40.8 Å². The number of hydrogen-bond acceptors (Lipinski definition) is 5. The van der Waals surface area contributed by atoms with Crippen LogP contribution in [0.3, 0.4) is 0 Å². The largest absolute Gasteiger partial charge is 0.465 e. The van der Waals surface area contributed by atoms with Crippen LogP contribution < -0.4 is 5.73 Å². The first-order valence-corrected chi connectivity index (χ1v) is 11.3. The summed E-state index contributed by atoms with van der Waals surface area (Å²) in [5.41, 5.74) is 7.81. The van der Waals surface area contributed by atoms with Gasteiger partial charge in [0.05, 0.1) is 12.1 Å². The highest BCUT2D eigenvalue weighted by atomic mass is 79.9. The summed E-state index contributed by atoms with van der Waals surface area (Å²) in [7, 11) is 0. The molecule has 32 heavy (non-hydrogen) atoms. The molecule has 4 heterocycles. The fourth-order valence-electron chi connectivity index (χ4n) is 5.09. The van der Waals surface area contributed by atoms with E-state index >= 15 is 0 Å². The lowest BCUT2D eigenvalue weighted by molar-refractivity contribution is -0.144. The first-order valence-electron chi connectivity index (χ1n) is 10.5. The normalized spacial score (nSPS) is 23.4. The average molecular weight is 499 g/mol. The number of carboxylic acid groups (broad SMARTS) is 1. The second-order valence-electron chi connectivity index (χ2n) is 8.35. The molecule has 2 aliphatic rings. The molecule has 2 aliphatic heterocycles. The molecule has 2 aromatic heterocycles. The lowest BCUT2D eigenvalue weighted by atomic mass is 9.84. The summed E-state index contributed by atoms with van der Waals surface area (Å²) in [6, 6.07) is 9.39. The van der Waals surface area contributed by atoms with Crippen LogP contribution in [0.25, 0.3) is 5.52 Å². The van der Waals surface area contributed by atoms with E-state index in [0.717, 1.165) is 17.8 Å². The lowest BCUT2D eigenvalue weighted by Crippen LogP contribution is -2.65. The first kappa shape index (κ1) is 20.7. The van der Waals surface area contributed by atoms with Crippen LogP contribution in [0.5, 0.6) is 0 Å². The number of piperazine rings is 1. The average Bonchev–Trinajstić information content (AvgIpc) is 3.13. The zero-order valence-corrected chi connectivity index (χ0v) is 18.9. The van der Waals surface area contributed by atoms with Gasteiger partial charge in [0, 0.05) is 24.9 Å². The van der Waals surface area contributed by atoms with E-state index in [2.05, 4.69) is 25.9 Å². The standard InChI is InChI=1S/C22H23BrN6O3/c23-19-18-20(24)25-8-9-27(18)21(26-19)14-6-7-15-16(10-13-4-2-1-3-5-13)29(22(31)32)12-17(30)28(15)11-14/h1-5,8-9,14-16H,6-7,10-12H2,(H2,24,25)(H,31,32)/t14-,15-,16?/m0/s1. The van der Waals surface area contributed by atoms with E-state index in [0.29, 0.717) is 35.3 Å². The number of halogens is 1. The molecule has 3 atom stereocenters. The third-order valence-electron chi connectivity index (χ3n) is 6.57. The Morgan fingerprint density at radius 2 is 2.03 bits per heavy atom. The van der Waals surface area contributed by atoms with Crippen molar-refractivity contribution >= 4 is 39.3 Å². The Labute approximate surface area is 193 Å². The highest BCUT2D eigenvalue weighted by Crippen LogP contribution is 2.37. The van der Waals surface area contributed by atoms with E-state index in [1.807, 2.05) is 45.8 Å². The Balaban J connectivity index is 1.45. The molecule has 2 amide bonds.